The molecule has 1 aromatic carbocycles. The van der Waals surface area contributed by atoms with E-state index in [2.05, 4.69) is 4.90 Å². The highest BCUT2D eigenvalue weighted by atomic mass is 32.1. The molecule has 2 N–H and O–H groups in total. The van der Waals surface area contributed by atoms with Crippen LogP contribution < -0.4 is 10.6 Å². The lowest BCUT2D eigenvalue weighted by Crippen LogP contribution is -2.42. The van der Waals surface area contributed by atoms with Crippen LogP contribution in [0.25, 0.3) is 0 Å². The monoisotopic (exact) mass is 292 g/mol. The molecule has 1 saturated carbocycles. The first kappa shape index (κ1) is 13.8. The molecule has 20 heavy (non-hydrogen) atoms. The number of benzene rings is 1. The van der Waals surface area contributed by atoms with Gasteiger partial charge in [-0.15, -0.1) is 0 Å². The zero-order valence-corrected chi connectivity index (χ0v) is 12.5. The summed E-state index contributed by atoms with van der Waals surface area (Å²) in [5, 5.41) is 0. The summed E-state index contributed by atoms with van der Waals surface area (Å²) in [6.45, 7) is 1.96. The number of hydrogen-bond donors (Lipinski definition) is 1. The maximum absolute atomic E-state index is 14.3. The molecular formula is C16H21FN2S. The maximum Gasteiger partial charge on any atom is 0.147 e. The molecule has 4 heteroatoms. The molecule has 1 aliphatic carbocycles. The van der Waals surface area contributed by atoms with E-state index in [0.29, 0.717) is 11.3 Å². The summed E-state index contributed by atoms with van der Waals surface area (Å²) in [7, 11) is 0. The normalized spacial score (nSPS) is 26.1. The third-order valence-electron chi connectivity index (χ3n) is 4.86. The van der Waals surface area contributed by atoms with E-state index in [1.165, 1.54) is 38.2 Å². The number of piperidine rings is 1. The number of nitrogens with two attached hydrogens (primary N) is 1. The van der Waals surface area contributed by atoms with Gasteiger partial charge in [0.1, 0.15) is 10.8 Å². The topological polar surface area (TPSA) is 29.3 Å². The zero-order valence-electron chi connectivity index (χ0n) is 11.6. The summed E-state index contributed by atoms with van der Waals surface area (Å²) in [5.74, 6) is 1.40. The highest BCUT2D eigenvalue weighted by molar-refractivity contribution is 7.80. The van der Waals surface area contributed by atoms with E-state index in [9.17, 15) is 4.39 Å². The minimum absolute atomic E-state index is 0.204. The summed E-state index contributed by atoms with van der Waals surface area (Å²) in [6, 6.07) is 5.12. The van der Waals surface area contributed by atoms with Gasteiger partial charge in [-0.1, -0.05) is 31.5 Å². The van der Waals surface area contributed by atoms with Crippen LogP contribution >= 0.6 is 12.2 Å². The molecule has 1 aromatic rings. The van der Waals surface area contributed by atoms with E-state index >= 15 is 0 Å². The van der Waals surface area contributed by atoms with Crippen molar-refractivity contribution in [1.82, 2.24) is 0 Å². The van der Waals surface area contributed by atoms with E-state index in [4.69, 9.17) is 18.0 Å². The molecule has 2 atom stereocenters. The van der Waals surface area contributed by atoms with Gasteiger partial charge in [-0.25, -0.2) is 4.39 Å². The number of thiocarbonyl (C=S) groups is 1. The van der Waals surface area contributed by atoms with E-state index in [-0.39, 0.29) is 10.8 Å². The second kappa shape index (κ2) is 5.68. The number of anilines is 1. The quantitative estimate of drug-likeness (QED) is 0.846. The minimum atomic E-state index is -0.204. The Morgan fingerprint density at radius 3 is 2.65 bits per heavy atom. The van der Waals surface area contributed by atoms with Gasteiger partial charge >= 0.3 is 0 Å². The largest absolute Gasteiger partial charge is 0.389 e. The second-order valence-electron chi connectivity index (χ2n) is 6.07. The summed E-state index contributed by atoms with van der Waals surface area (Å²) in [5.41, 5.74) is 6.86. The summed E-state index contributed by atoms with van der Waals surface area (Å²) >= 11 is 4.90. The molecule has 0 bridgehead atoms. The van der Waals surface area contributed by atoms with Gasteiger partial charge < -0.3 is 10.6 Å². The number of hydrogen-bond acceptors (Lipinski definition) is 2. The molecule has 108 valence electrons. The van der Waals surface area contributed by atoms with Crippen LogP contribution in [-0.2, 0) is 0 Å². The minimum Gasteiger partial charge on any atom is -0.389 e. The number of rotatable bonds is 2. The fraction of sp³-hybridized carbons (Fsp3) is 0.562. The summed E-state index contributed by atoms with van der Waals surface area (Å²) in [4.78, 5) is 2.45. The van der Waals surface area contributed by atoms with Crippen molar-refractivity contribution in [3.05, 3.63) is 29.6 Å². The van der Waals surface area contributed by atoms with Crippen molar-refractivity contribution in [2.24, 2.45) is 17.6 Å². The lowest BCUT2D eigenvalue weighted by molar-refractivity contribution is 0.202. The molecule has 3 rings (SSSR count). The van der Waals surface area contributed by atoms with Gasteiger partial charge in [0.25, 0.3) is 0 Å². The third-order valence-corrected chi connectivity index (χ3v) is 5.10. The molecule has 2 aliphatic rings. The Bertz CT molecular complexity index is 517. The maximum atomic E-state index is 14.3. The lowest BCUT2D eigenvalue weighted by Gasteiger charge is -2.42. The van der Waals surface area contributed by atoms with E-state index in [1.807, 2.05) is 12.1 Å². The molecule has 0 aromatic heterocycles. The van der Waals surface area contributed by atoms with Crippen molar-refractivity contribution >= 4 is 22.9 Å². The Hall–Kier alpha value is -1.16. The molecule has 1 saturated heterocycles. The standard InChI is InChI=1S/C16H21FN2S/c17-14-9-12(16(18)20)5-6-15(14)19-8-7-11-3-1-2-4-13(11)10-19/h5-6,9,11,13H,1-4,7-8,10H2,(H2,18,20). The van der Waals surface area contributed by atoms with Crippen molar-refractivity contribution in [2.75, 3.05) is 18.0 Å². The zero-order chi connectivity index (χ0) is 14.1. The Morgan fingerprint density at radius 1 is 1.20 bits per heavy atom. The van der Waals surface area contributed by atoms with Crippen molar-refractivity contribution in [1.29, 1.82) is 0 Å². The Kier molecular flexibility index (Phi) is 3.92. The molecule has 2 nitrogen and oxygen atoms in total. The molecule has 0 amide bonds. The number of fused-ring (bicyclic) bond motifs is 1. The van der Waals surface area contributed by atoms with Crippen LogP contribution in [0.15, 0.2) is 18.2 Å². The van der Waals surface area contributed by atoms with Crippen LogP contribution in [0.4, 0.5) is 10.1 Å². The van der Waals surface area contributed by atoms with Crippen LogP contribution in [0.3, 0.4) is 0 Å². The van der Waals surface area contributed by atoms with Crippen molar-refractivity contribution in [2.45, 2.75) is 32.1 Å². The van der Waals surface area contributed by atoms with E-state index in [0.717, 1.165) is 24.9 Å². The molecule has 1 aliphatic heterocycles. The van der Waals surface area contributed by atoms with Gasteiger partial charge in [0, 0.05) is 18.7 Å². The third kappa shape index (κ3) is 2.66. The van der Waals surface area contributed by atoms with E-state index < -0.39 is 0 Å². The van der Waals surface area contributed by atoms with Crippen molar-refractivity contribution < 1.29 is 4.39 Å². The van der Waals surface area contributed by atoms with Gasteiger partial charge in [0.15, 0.2) is 0 Å². The Balaban J connectivity index is 1.78. The Morgan fingerprint density at radius 2 is 1.95 bits per heavy atom. The van der Waals surface area contributed by atoms with Crippen LogP contribution in [0, 0.1) is 17.7 Å². The Labute approximate surface area is 125 Å². The van der Waals surface area contributed by atoms with E-state index in [1.54, 1.807) is 0 Å². The molecule has 2 fully saturated rings. The van der Waals surface area contributed by atoms with Crippen molar-refractivity contribution in [3.8, 4) is 0 Å². The first-order valence-corrected chi connectivity index (χ1v) is 7.90. The van der Waals surface area contributed by atoms with Gasteiger partial charge in [0.05, 0.1) is 5.69 Å². The number of halogens is 1. The fourth-order valence-electron chi connectivity index (χ4n) is 3.74. The average molecular weight is 292 g/mol. The van der Waals surface area contributed by atoms with Crippen LogP contribution in [-0.4, -0.2) is 18.1 Å². The molecule has 2 unspecified atom stereocenters. The first-order chi connectivity index (χ1) is 9.65. The van der Waals surface area contributed by atoms with Gasteiger partial charge in [-0.3, -0.25) is 0 Å². The predicted molar refractivity (Wildman–Crippen MR) is 84.6 cm³/mol. The summed E-state index contributed by atoms with van der Waals surface area (Å²) < 4.78 is 14.3. The molecule has 0 spiro atoms. The molecule has 0 radical (unpaired) electrons. The molecular weight excluding hydrogens is 271 g/mol. The fourth-order valence-corrected chi connectivity index (χ4v) is 3.86. The highest BCUT2D eigenvalue weighted by Crippen LogP contribution is 2.38. The smallest absolute Gasteiger partial charge is 0.147 e. The SMILES string of the molecule is NC(=S)c1ccc(N2CCC3CCCCC3C2)c(F)c1. The summed E-state index contributed by atoms with van der Waals surface area (Å²) in [6.07, 6.45) is 6.56. The van der Waals surface area contributed by atoms with Gasteiger partial charge in [-0.05, 0) is 42.9 Å². The molecule has 1 heterocycles. The van der Waals surface area contributed by atoms with Crippen LogP contribution in [0.2, 0.25) is 0 Å². The van der Waals surface area contributed by atoms with Crippen molar-refractivity contribution in [3.63, 3.8) is 0 Å². The first-order valence-electron chi connectivity index (χ1n) is 7.49. The van der Waals surface area contributed by atoms with Gasteiger partial charge in [0.2, 0.25) is 0 Å². The average Bonchev–Trinajstić information content (AvgIpc) is 2.46. The lowest BCUT2D eigenvalue weighted by atomic mass is 9.75. The highest BCUT2D eigenvalue weighted by Gasteiger charge is 2.31. The van der Waals surface area contributed by atoms with Gasteiger partial charge in [-0.2, -0.15) is 0 Å². The predicted octanol–water partition coefficient (Wildman–Crippen LogP) is 3.48. The van der Waals surface area contributed by atoms with Crippen LogP contribution in [0.5, 0.6) is 0 Å². The second-order valence-corrected chi connectivity index (χ2v) is 6.51. The number of nitrogens with zero attached hydrogens (tertiary/aromatic N) is 1. The van der Waals surface area contributed by atoms with Crippen LogP contribution in [0.1, 0.15) is 37.7 Å².